The van der Waals surface area contributed by atoms with Crippen molar-refractivity contribution >= 4 is 23.9 Å². The van der Waals surface area contributed by atoms with Gasteiger partial charge in [-0.25, -0.2) is 9.59 Å². The van der Waals surface area contributed by atoms with Crippen molar-refractivity contribution in [2.24, 2.45) is 0 Å². The summed E-state index contributed by atoms with van der Waals surface area (Å²) in [5, 5.41) is 7.19. The van der Waals surface area contributed by atoms with Crippen LogP contribution in [0.5, 0.6) is 0 Å². The van der Waals surface area contributed by atoms with Crippen LogP contribution in [0.1, 0.15) is 47.0 Å². The normalized spacial score (nSPS) is 21.0. The van der Waals surface area contributed by atoms with Crippen LogP contribution in [0, 0.1) is 0 Å². The van der Waals surface area contributed by atoms with Crippen LogP contribution >= 0.6 is 0 Å². The van der Waals surface area contributed by atoms with E-state index in [0.29, 0.717) is 6.42 Å². The van der Waals surface area contributed by atoms with Crippen molar-refractivity contribution in [1.29, 1.82) is 0 Å². The zero-order valence-electron chi connectivity index (χ0n) is 13.5. The molecule has 1 rings (SSSR count). The Bertz CT molecular complexity index is 477. The van der Waals surface area contributed by atoms with Crippen LogP contribution in [0.3, 0.4) is 0 Å². The molecule has 6 amide bonds. The Morgan fingerprint density at radius 1 is 1.32 bits per heavy atom. The third-order valence-corrected chi connectivity index (χ3v) is 3.35. The molecule has 1 atom stereocenters. The SMILES string of the molecule is CCCC[C@@]1(C)NC(=O)N(CC(=O)NC(=O)NC(C)C)C1=O. The van der Waals surface area contributed by atoms with Crippen molar-refractivity contribution in [3.05, 3.63) is 0 Å². The van der Waals surface area contributed by atoms with E-state index >= 15 is 0 Å². The maximum Gasteiger partial charge on any atom is 0.325 e. The minimum Gasteiger partial charge on any atom is -0.336 e. The highest BCUT2D eigenvalue weighted by atomic mass is 16.2. The van der Waals surface area contributed by atoms with Gasteiger partial charge in [0.25, 0.3) is 5.91 Å². The number of rotatable bonds is 6. The van der Waals surface area contributed by atoms with E-state index in [1.165, 1.54) is 0 Å². The Hall–Kier alpha value is -2.12. The molecule has 0 aromatic heterocycles. The van der Waals surface area contributed by atoms with Gasteiger partial charge in [-0.15, -0.1) is 0 Å². The van der Waals surface area contributed by atoms with Gasteiger partial charge in [-0.1, -0.05) is 19.8 Å². The molecule has 0 aliphatic carbocycles. The number of carbonyl (C=O) groups excluding carboxylic acids is 4. The second-order valence-electron chi connectivity index (χ2n) is 5.93. The van der Waals surface area contributed by atoms with Gasteiger partial charge in [0.1, 0.15) is 12.1 Å². The summed E-state index contributed by atoms with van der Waals surface area (Å²) in [6.07, 6.45) is 2.20. The summed E-state index contributed by atoms with van der Waals surface area (Å²) in [5.74, 6) is -1.15. The fourth-order valence-electron chi connectivity index (χ4n) is 2.20. The van der Waals surface area contributed by atoms with Crippen LogP contribution in [0.15, 0.2) is 0 Å². The highest BCUT2D eigenvalue weighted by molar-refractivity contribution is 6.09. The van der Waals surface area contributed by atoms with E-state index in [2.05, 4.69) is 16.0 Å². The van der Waals surface area contributed by atoms with Crippen molar-refractivity contribution in [2.75, 3.05) is 6.54 Å². The lowest BCUT2D eigenvalue weighted by atomic mass is 9.95. The van der Waals surface area contributed by atoms with Crippen LogP contribution in [-0.4, -0.2) is 46.9 Å². The average Bonchev–Trinajstić information content (AvgIpc) is 2.59. The second-order valence-corrected chi connectivity index (χ2v) is 5.93. The minimum absolute atomic E-state index is 0.123. The number of imide groups is 2. The van der Waals surface area contributed by atoms with Crippen molar-refractivity contribution in [3.63, 3.8) is 0 Å². The van der Waals surface area contributed by atoms with Crippen LogP contribution in [0.2, 0.25) is 0 Å². The maximum absolute atomic E-state index is 12.3. The lowest BCUT2D eigenvalue weighted by molar-refractivity contribution is -0.134. The smallest absolute Gasteiger partial charge is 0.325 e. The number of urea groups is 2. The van der Waals surface area contributed by atoms with Gasteiger partial charge in [0.2, 0.25) is 5.91 Å². The molecule has 0 aromatic rings. The molecule has 0 spiro atoms. The molecular formula is C14H24N4O4. The van der Waals surface area contributed by atoms with E-state index < -0.39 is 36.0 Å². The van der Waals surface area contributed by atoms with Gasteiger partial charge >= 0.3 is 12.1 Å². The molecule has 3 N–H and O–H groups in total. The average molecular weight is 312 g/mol. The second kappa shape index (κ2) is 7.24. The summed E-state index contributed by atoms with van der Waals surface area (Å²) in [7, 11) is 0. The summed E-state index contributed by atoms with van der Waals surface area (Å²) >= 11 is 0. The van der Waals surface area contributed by atoms with E-state index in [1.54, 1.807) is 20.8 Å². The number of nitrogens with zero attached hydrogens (tertiary/aromatic N) is 1. The monoisotopic (exact) mass is 312 g/mol. The first-order chi connectivity index (χ1) is 10.2. The lowest BCUT2D eigenvalue weighted by Crippen LogP contribution is -2.48. The largest absolute Gasteiger partial charge is 0.336 e. The van der Waals surface area contributed by atoms with E-state index in [-0.39, 0.29) is 6.04 Å². The Balaban J connectivity index is 2.62. The van der Waals surface area contributed by atoms with Crippen molar-refractivity contribution in [3.8, 4) is 0 Å². The summed E-state index contributed by atoms with van der Waals surface area (Å²) in [5.41, 5.74) is -0.979. The molecule has 1 fully saturated rings. The van der Waals surface area contributed by atoms with E-state index in [9.17, 15) is 19.2 Å². The molecule has 8 heteroatoms. The Morgan fingerprint density at radius 2 is 1.95 bits per heavy atom. The molecular weight excluding hydrogens is 288 g/mol. The van der Waals surface area contributed by atoms with Gasteiger partial charge in [0.05, 0.1) is 0 Å². The van der Waals surface area contributed by atoms with Crippen molar-refractivity contribution in [1.82, 2.24) is 20.9 Å². The summed E-state index contributed by atoms with van der Waals surface area (Å²) < 4.78 is 0. The molecule has 1 aliphatic heterocycles. The van der Waals surface area contributed by atoms with Crippen LogP contribution in [0.25, 0.3) is 0 Å². The summed E-state index contributed by atoms with van der Waals surface area (Å²) in [6.45, 7) is 6.66. The predicted molar refractivity (Wildman–Crippen MR) is 80.0 cm³/mol. The molecule has 0 aromatic carbocycles. The molecule has 1 aliphatic rings. The number of carbonyl (C=O) groups is 4. The molecule has 0 unspecified atom stereocenters. The molecule has 0 radical (unpaired) electrons. The molecule has 1 heterocycles. The zero-order chi connectivity index (χ0) is 16.9. The van der Waals surface area contributed by atoms with E-state index in [4.69, 9.17) is 0 Å². The highest BCUT2D eigenvalue weighted by Crippen LogP contribution is 2.23. The lowest BCUT2D eigenvalue weighted by Gasteiger charge is -2.21. The predicted octanol–water partition coefficient (Wildman–Crippen LogP) is 0.721. The van der Waals surface area contributed by atoms with Crippen LogP contribution in [-0.2, 0) is 9.59 Å². The third kappa shape index (κ3) is 4.44. The fourth-order valence-corrected chi connectivity index (χ4v) is 2.20. The van der Waals surface area contributed by atoms with Gasteiger partial charge in [-0.2, -0.15) is 0 Å². The number of hydrogen-bond acceptors (Lipinski definition) is 4. The number of nitrogens with one attached hydrogen (secondary N) is 3. The van der Waals surface area contributed by atoms with Crippen molar-refractivity contribution < 1.29 is 19.2 Å². The molecule has 0 bridgehead atoms. The topological polar surface area (TPSA) is 108 Å². The third-order valence-electron chi connectivity index (χ3n) is 3.35. The Morgan fingerprint density at radius 3 is 2.50 bits per heavy atom. The molecule has 22 heavy (non-hydrogen) atoms. The number of unbranched alkanes of at least 4 members (excludes halogenated alkanes) is 1. The zero-order valence-corrected chi connectivity index (χ0v) is 13.5. The fraction of sp³-hybridized carbons (Fsp3) is 0.714. The molecule has 8 nitrogen and oxygen atoms in total. The van der Waals surface area contributed by atoms with Crippen LogP contribution < -0.4 is 16.0 Å². The van der Waals surface area contributed by atoms with Crippen molar-refractivity contribution in [2.45, 2.75) is 58.5 Å². The quantitative estimate of drug-likeness (QED) is 0.628. The van der Waals surface area contributed by atoms with Gasteiger partial charge in [0.15, 0.2) is 0 Å². The first kappa shape index (κ1) is 17.9. The van der Waals surface area contributed by atoms with Gasteiger partial charge in [0, 0.05) is 6.04 Å². The van der Waals surface area contributed by atoms with Crippen LogP contribution in [0.4, 0.5) is 9.59 Å². The highest BCUT2D eigenvalue weighted by Gasteiger charge is 2.47. The molecule has 0 saturated carbocycles. The molecule has 124 valence electrons. The van der Waals surface area contributed by atoms with Gasteiger partial charge in [-0.05, 0) is 27.2 Å². The van der Waals surface area contributed by atoms with Gasteiger partial charge in [-0.3, -0.25) is 19.8 Å². The Labute approximate surface area is 130 Å². The standard InChI is InChI=1S/C14H24N4O4/c1-5-6-7-14(4)11(20)18(13(22)17-14)8-10(19)16-12(21)15-9(2)3/h9H,5-8H2,1-4H3,(H,17,22)(H2,15,16,19,21)/t14-/m1/s1. The first-order valence-corrected chi connectivity index (χ1v) is 7.44. The summed E-state index contributed by atoms with van der Waals surface area (Å²) in [4.78, 5) is 48.2. The first-order valence-electron chi connectivity index (χ1n) is 7.44. The molecule has 1 saturated heterocycles. The Kier molecular flexibility index (Phi) is 5.90. The van der Waals surface area contributed by atoms with E-state index in [0.717, 1.165) is 17.7 Å². The summed E-state index contributed by atoms with van der Waals surface area (Å²) in [6, 6.07) is -1.38. The minimum atomic E-state index is -0.979. The maximum atomic E-state index is 12.3. The van der Waals surface area contributed by atoms with E-state index in [1.807, 2.05) is 6.92 Å². The number of amides is 6. The number of hydrogen-bond donors (Lipinski definition) is 3. The van der Waals surface area contributed by atoms with Gasteiger partial charge < -0.3 is 10.6 Å².